The number of nitrogens with two attached hydrogens (primary N) is 1. The molecule has 5 nitrogen and oxygen atoms in total. The van der Waals surface area contributed by atoms with E-state index in [1.807, 2.05) is 23.1 Å². The molecule has 106 valence electrons. The van der Waals surface area contributed by atoms with Gasteiger partial charge in [-0.1, -0.05) is 12.6 Å². The molecule has 0 aliphatic carbocycles. The zero-order chi connectivity index (χ0) is 14.5. The van der Waals surface area contributed by atoms with Crippen molar-refractivity contribution in [1.29, 1.82) is 0 Å². The number of rotatable bonds is 4. The third-order valence-electron chi connectivity index (χ3n) is 3.24. The van der Waals surface area contributed by atoms with Crippen molar-refractivity contribution in [2.75, 3.05) is 20.2 Å². The number of aliphatic imine (C=N–C) groups is 1. The summed E-state index contributed by atoms with van der Waals surface area (Å²) in [6.07, 6.45) is 2.71. The van der Waals surface area contributed by atoms with Crippen molar-refractivity contribution in [3.05, 3.63) is 42.1 Å². The van der Waals surface area contributed by atoms with Gasteiger partial charge in [0.05, 0.1) is 12.1 Å². The number of fused-ring (bicyclic) bond motifs is 1. The van der Waals surface area contributed by atoms with Crippen LogP contribution < -0.4 is 10.5 Å². The summed E-state index contributed by atoms with van der Waals surface area (Å²) in [6.45, 7) is 5.08. The van der Waals surface area contributed by atoms with E-state index in [1.165, 1.54) is 0 Å². The second kappa shape index (κ2) is 6.23. The van der Waals surface area contributed by atoms with Crippen molar-refractivity contribution in [3.8, 4) is 5.75 Å². The van der Waals surface area contributed by atoms with Gasteiger partial charge in [-0.2, -0.15) is 0 Å². The van der Waals surface area contributed by atoms with Crippen molar-refractivity contribution in [2.24, 2.45) is 10.7 Å². The fraction of sp³-hybridized carbons (Fsp3) is 0.333. The van der Waals surface area contributed by atoms with Crippen LogP contribution in [0, 0.1) is 0 Å². The average molecular weight is 273 g/mol. The summed E-state index contributed by atoms with van der Waals surface area (Å²) in [5, 5.41) is 0. The van der Waals surface area contributed by atoms with Crippen LogP contribution >= 0.6 is 0 Å². The quantitative estimate of drug-likeness (QED) is 0.899. The Bertz CT molecular complexity index is 552. The maximum absolute atomic E-state index is 10.9. The Labute approximate surface area is 118 Å². The molecule has 20 heavy (non-hydrogen) atoms. The molecule has 1 heterocycles. The van der Waals surface area contributed by atoms with Gasteiger partial charge in [0.15, 0.2) is 0 Å². The van der Waals surface area contributed by atoms with Crippen LogP contribution in [0.3, 0.4) is 0 Å². The highest BCUT2D eigenvalue weighted by Crippen LogP contribution is 2.25. The molecule has 0 saturated heterocycles. The number of nitrogens with zero attached hydrogens (tertiary/aromatic N) is 2. The minimum atomic E-state index is -0.297. The molecule has 1 amide bonds. The van der Waals surface area contributed by atoms with Crippen molar-refractivity contribution in [2.45, 2.75) is 12.8 Å². The average Bonchev–Trinajstić information content (AvgIpc) is 2.62. The summed E-state index contributed by atoms with van der Waals surface area (Å²) in [5.41, 5.74) is 7.15. The maximum Gasteiger partial charge on any atom is 0.217 e. The molecule has 1 aliphatic rings. The number of carbonyl (C=O) groups is 1. The summed E-state index contributed by atoms with van der Waals surface area (Å²) in [6, 6.07) is 5.90. The summed E-state index contributed by atoms with van der Waals surface area (Å²) < 4.78 is 5.77. The number of ether oxygens (including phenoxy) is 1. The number of amidine groups is 1. The molecule has 1 aromatic rings. The molecule has 0 fully saturated rings. The Balaban J connectivity index is 2.32. The Morgan fingerprint density at radius 2 is 2.40 bits per heavy atom. The lowest BCUT2D eigenvalue weighted by Crippen LogP contribution is -2.27. The highest BCUT2D eigenvalue weighted by atomic mass is 16.5. The molecule has 2 rings (SSSR count). The van der Waals surface area contributed by atoms with Crippen LogP contribution in [-0.4, -0.2) is 36.8 Å². The van der Waals surface area contributed by atoms with Gasteiger partial charge in [0.1, 0.15) is 18.2 Å². The normalized spacial score (nSPS) is 16.2. The van der Waals surface area contributed by atoms with Crippen LogP contribution in [0.2, 0.25) is 0 Å². The molecule has 1 aromatic carbocycles. The standard InChI is InChI=1S/C15H19N3O2/c1-3-18-8-9-20-13-10-11(5-7-14(16)19)4-6-12(13)15(18)17-2/h3-4,6,10H,1,5,7-9H2,2H3,(H2,16,19). The fourth-order valence-electron chi connectivity index (χ4n) is 2.24. The first kappa shape index (κ1) is 14.1. The van der Waals surface area contributed by atoms with E-state index >= 15 is 0 Å². The van der Waals surface area contributed by atoms with E-state index in [0.717, 1.165) is 22.7 Å². The minimum absolute atomic E-state index is 0.297. The number of aryl methyl sites for hydroxylation is 1. The van der Waals surface area contributed by atoms with Crippen LogP contribution in [0.4, 0.5) is 0 Å². The third-order valence-corrected chi connectivity index (χ3v) is 3.24. The number of carbonyl (C=O) groups excluding carboxylic acids is 1. The lowest BCUT2D eigenvalue weighted by Gasteiger charge is -2.18. The predicted octanol–water partition coefficient (Wildman–Crippen LogP) is 1.32. The topological polar surface area (TPSA) is 67.9 Å². The summed E-state index contributed by atoms with van der Waals surface area (Å²) in [4.78, 5) is 17.1. The monoisotopic (exact) mass is 273 g/mol. The Kier molecular flexibility index (Phi) is 4.40. The van der Waals surface area contributed by atoms with Crippen molar-refractivity contribution < 1.29 is 9.53 Å². The van der Waals surface area contributed by atoms with Crippen LogP contribution in [-0.2, 0) is 11.2 Å². The molecule has 2 N–H and O–H groups in total. The first-order valence-electron chi connectivity index (χ1n) is 6.56. The maximum atomic E-state index is 10.9. The van der Waals surface area contributed by atoms with Crippen LogP contribution in [0.15, 0.2) is 36.0 Å². The molecular weight excluding hydrogens is 254 g/mol. The van der Waals surface area contributed by atoms with Gasteiger partial charge in [0.2, 0.25) is 5.91 Å². The molecule has 1 aliphatic heterocycles. The van der Waals surface area contributed by atoms with E-state index in [1.54, 1.807) is 13.2 Å². The van der Waals surface area contributed by atoms with Crippen molar-refractivity contribution >= 4 is 11.7 Å². The van der Waals surface area contributed by atoms with E-state index in [9.17, 15) is 4.79 Å². The Morgan fingerprint density at radius 3 is 3.05 bits per heavy atom. The molecular formula is C15H19N3O2. The van der Waals surface area contributed by atoms with E-state index in [2.05, 4.69) is 11.6 Å². The van der Waals surface area contributed by atoms with Gasteiger partial charge in [-0.3, -0.25) is 9.79 Å². The highest BCUT2D eigenvalue weighted by molar-refractivity contribution is 6.02. The highest BCUT2D eigenvalue weighted by Gasteiger charge is 2.19. The SMILES string of the molecule is C=CN1CCOc2cc(CCC(N)=O)ccc2C1=NC. The van der Waals surface area contributed by atoms with Gasteiger partial charge in [0.25, 0.3) is 0 Å². The molecule has 0 atom stereocenters. The molecule has 5 heteroatoms. The van der Waals surface area contributed by atoms with E-state index in [4.69, 9.17) is 10.5 Å². The molecule has 0 spiro atoms. The van der Waals surface area contributed by atoms with Gasteiger partial charge in [-0.05, 0) is 30.3 Å². The van der Waals surface area contributed by atoms with Crippen molar-refractivity contribution in [1.82, 2.24) is 4.90 Å². The molecule has 0 aromatic heterocycles. The second-order valence-electron chi connectivity index (χ2n) is 4.57. The van der Waals surface area contributed by atoms with Crippen LogP contribution in [0.25, 0.3) is 0 Å². The number of amides is 1. The second-order valence-corrected chi connectivity index (χ2v) is 4.57. The van der Waals surface area contributed by atoms with Gasteiger partial charge >= 0.3 is 0 Å². The summed E-state index contributed by atoms with van der Waals surface area (Å²) in [5.74, 6) is 1.33. The van der Waals surface area contributed by atoms with Gasteiger partial charge < -0.3 is 15.4 Å². The lowest BCUT2D eigenvalue weighted by molar-refractivity contribution is -0.117. The minimum Gasteiger partial charge on any atom is -0.491 e. The van der Waals surface area contributed by atoms with Crippen LogP contribution in [0.5, 0.6) is 5.75 Å². The van der Waals surface area contributed by atoms with Crippen LogP contribution in [0.1, 0.15) is 17.5 Å². The van der Waals surface area contributed by atoms with Gasteiger partial charge in [0, 0.05) is 13.5 Å². The number of hydrogen-bond acceptors (Lipinski definition) is 3. The first-order chi connectivity index (χ1) is 9.65. The first-order valence-corrected chi connectivity index (χ1v) is 6.56. The zero-order valence-electron chi connectivity index (χ0n) is 11.6. The molecule has 0 unspecified atom stereocenters. The van der Waals surface area contributed by atoms with E-state index in [0.29, 0.717) is 26.0 Å². The smallest absolute Gasteiger partial charge is 0.217 e. The predicted molar refractivity (Wildman–Crippen MR) is 78.8 cm³/mol. The number of hydrogen-bond donors (Lipinski definition) is 1. The van der Waals surface area contributed by atoms with E-state index < -0.39 is 0 Å². The molecule has 0 radical (unpaired) electrons. The van der Waals surface area contributed by atoms with Gasteiger partial charge in [-0.25, -0.2) is 0 Å². The van der Waals surface area contributed by atoms with Gasteiger partial charge in [-0.15, -0.1) is 0 Å². The molecule has 0 bridgehead atoms. The number of primary amides is 1. The number of benzene rings is 1. The zero-order valence-corrected chi connectivity index (χ0v) is 11.6. The Morgan fingerprint density at radius 1 is 1.60 bits per heavy atom. The fourth-order valence-corrected chi connectivity index (χ4v) is 2.24. The lowest BCUT2D eigenvalue weighted by atomic mass is 10.0. The Hall–Kier alpha value is -2.30. The third kappa shape index (κ3) is 2.99. The summed E-state index contributed by atoms with van der Waals surface area (Å²) >= 11 is 0. The largest absolute Gasteiger partial charge is 0.491 e. The van der Waals surface area contributed by atoms with E-state index in [-0.39, 0.29) is 5.91 Å². The molecule has 0 saturated carbocycles. The summed E-state index contributed by atoms with van der Waals surface area (Å²) in [7, 11) is 1.75. The van der Waals surface area contributed by atoms with Crippen molar-refractivity contribution in [3.63, 3.8) is 0 Å².